The van der Waals surface area contributed by atoms with Crippen molar-refractivity contribution in [3.63, 3.8) is 0 Å². The predicted molar refractivity (Wildman–Crippen MR) is 310 cm³/mol. The summed E-state index contributed by atoms with van der Waals surface area (Å²) >= 11 is 0. The smallest absolute Gasteiger partial charge is 0.249 e. The van der Waals surface area contributed by atoms with Gasteiger partial charge in [-0.05, 0) is 38.5 Å². The highest BCUT2D eigenvalue weighted by Gasteiger charge is 2.44. The van der Waals surface area contributed by atoms with Crippen LogP contribution < -0.4 is 5.32 Å². The SMILES string of the molecule is CCCCCCCCCCCCCC/C=C\CCCCCCCCCCCCCCCCCCC(O)C(=O)NC(COC1OC(CO)C(O)C(O)C1O)C(O)CCCCCCCCCCCCCCCCCCC. The third-order valence-electron chi connectivity index (χ3n) is 16.0. The minimum absolute atomic E-state index is 0.251. The normalized spacial score (nSPS) is 19.4. The largest absolute Gasteiger partial charge is 0.394 e. The molecule has 8 atom stereocenters. The number of aliphatic hydroxyl groups is 6. The molecule has 1 heterocycles. The summed E-state index contributed by atoms with van der Waals surface area (Å²) in [7, 11) is 0. The Kier molecular flexibility index (Phi) is 51.6. The first-order chi connectivity index (χ1) is 36.3. The van der Waals surface area contributed by atoms with E-state index >= 15 is 0 Å². The van der Waals surface area contributed by atoms with E-state index in [1.165, 1.54) is 263 Å². The first-order valence-electron chi connectivity index (χ1n) is 32.5. The number of allylic oxidation sites excluding steroid dienone is 2. The maximum Gasteiger partial charge on any atom is 0.249 e. The maximum atomic E-state index is 13.2. The molecule has 0 radical (unpaired) electrons. The lowest BCUT2D eigenvalue weighted by molar-refractivity contribution is -0.302. The molecule has 1 saturated heterocycles. The summed E-state index contributed by atoms with van der Waals surface area (Å²) in [6, 6.07) is -0.892. The number of rotatable bonds is 57. The molecule has 8 unspecified atom stereocenters. The molecule has 0 spiro atoms. The summed E-state index contributed by atoms with van der Waals surface area (Å²) in [5, 5.41) is 65.4. The number of carbonyl (C=O) groups is 1. The lowest BCUT2D eigenvalue weighted by Gasteiger charge is -2.40. The van der Waals surface area contributed by atoms with Crippen LogP contribution in [0.15, 0.2) is 12.2 Å². The van der Waals surface area contributed by atoms with E-state index in [-0.39, 0.29) is 6.61 Å². The Balaban J connectivity index is 2.13. The highest BCUT2D eigenvalue weighted by molar-refractivity contribution is 5.80. The van der Waals surface area contributed by atoms with Crippen molar-refractivity contribution in [3.8, 4) is 0 Å². The van der Waals surface area contributed by atoms with Crippen LogP contribution in [0.3, 0.4) is 0 Å². The summed E-state index contributed by atoms with van der Waals surface area (Å²) in [4.78, 5) is 13.2. The second kappa shape index (κ2) is 53.9. The van der Waals surface area contributed by atoms with E-state index in [4.69, 9.17) is 9.47 Å². The van der Waals surface area contributed by atoms with E-state index in [1.807, 2.05) is 0 Å². The summed E-state index contributed by atoms with van der Waals surface area (Å²) in [6.45, 7) is 3.72. The highest BCUT2D eigenvalue weighted by Crippen LogP contribution is 2.24. The van der Waals surface area contributed by atoms with Crippen LogP contribution in [0.2, 0.25) is 0 Å². The summed E-state index contributed by atoms with van der Waals surface area (Å²) < 4.78 is 11.3. The van der Waals surface area contributed by atoms with Gasteiger partial charge in [-0.3, -0.25) is 4.79 Å². The number of nitrogens with one attached hydrogen (secondary N) is 1. The van der Waals surface area contributed by atoms with Gasteiger partial charge >= 0.3 is 0 Å². The Labute approximate surface area is 457 Å². The van der Waals surface area contributed by atoms with Gasteiger partial charge in [0, 0.05) is 0 Å². The third-order valence-corrected chi connectivity index (χ3v) is 16.0. The van der Waals surface area contributed by atoms with Crippen molar-refractivity contribution in [1.82, 2.24) is 5.32 Å². The Bertz CT molecular complexity index is 1190. The molecule has 440 valence electrons. The lowest BCUT2D eigenvalue weighted by Crippen LogP contribution is -2.60. The molecule has 0 aromatic carbocycles. The minimum atomic E-state index is -1.60. The van der Waals surface area contributed by atoms with Crippen LogP contribution in [0.25, 0.3) is 0 Å². The molecular formula is C64H125NO9. The Morgan fingerprint density at radius 2 is 0.757 bits per heavy atom. The van der Waals surface area contributed by atoms with Crippen LogP contribution >= 0.6 is 0 Å². The molecule has 0 aromatic heterocycles. The molecule has 0 bridgehead atoms. The van der Waals surface area contributed by atoms with Gasteiger partial charge in [0.1, 0.15) is 30.5 Å². The molecule has 10 nitrogen and oxygen atoms in total. The Morgan fingerprint density at radius 1 is 0.446 bits per heavy atom. The maximum absolute atomic E-state index is 13.2. The molecule has 10 heteroatoms. The van der Waals surface area contributed by atoms with E-state index in [9.17, 15) is 35.4 Å². The zero-order chi connectivity index (χ0) is 53.8. The van der Waals surface area contributed by atoms with Crippen LogP contribution in [-0.2, 0) is 14.3 Å². The van der Waals surface area contributed by atoms with Crippen LogP contribution in [0, 0.1) is 0 Å². The first kappa shape index (κ1) is 70.9. The van der Waals surface area contributed by atoms with Crippen molar-refractivity contribution in [2.24, 2.45) is 0 Å². The van der Waals surface area contributed by atoms with Gasteiger partial charge in [0.05, 0.1) is 25.4 Å². The first-order valence-corrected chi connectivity index (χ1v) is 32.5. The fraction of sp³-hybridized carbons (Fsp3) is 0.953. The van der Waals surface area contributed by atoms with Crippen molar-refractivity contribution in [1.29, 1.82) is 0 Å². The predicted octanol–water partition coefficient (Wildman–Crippen LogP) is 15.7. The van der Waals surface area contributed by atoms with Gasteiger partial charge in [-0.15, -0.1) is 0 Å². The minimum Gasteiger partial charge on any atom is -0.394 e. The second-order valence-electron chi connectivity index (χ2n) is 23.1. The monoisotopic (exact) mass is 1050 g/mol. The number of unbranched alkanes of at least 4 members (excludes halogenated alkanes) is 44. The van der Waals surface area contributed by atoms with E-state index in [0.29, 0.717) is 12.8 Å². The molecular weight excluding hydrogens is 927 g/mol. The van der Waals surface area contributed by atoms with E-state index < -0.39 is 61.5 Å². The fourth-order valence-electron chi connectivity index (χ4n) is 10.8. The van der Waals surface area contributed by atoms with Crippen LogP contribution in [0.5, 0.6) is 0 Å². The van der Waals surface area contributed by atoms with Crippen molar-refractivity contribution >= 4 is 5.91 Å². The topological polar surface area (TPSA) is 169 Å². The lowest BCUT2D eigenvalue weighted by atomic mass is 9.99. The summed E-state index contributed by atoms with van der Waals surface area (Å²) in [6.07, 6.45) is 57.3. The quantitative estimate of drug-likeness (QED) is 0.0232. The number of aliphatic hydroxyl groups excluding tert-OH is 6. The van der Waals surface area contributed by atoms with Crippen molar-refractivity contribution in [2.75, 3.05) is 13.2 Å². The van der Waals surface area contributed by atoms with Gasteiger partial charge in [-0.1, -0.05) is 302 Å². The molecule has 1 aliphatic rings. The molecule has 0 saturated carbocycles. The van der Waals surface area contributed by atoms with Crippen molar-refractivity contribution in [3.05, 3.63) is 12.2 Å². The van der Waals surface area contributed by atoms with E-state index in [2.05, 4.69) is 31.3 Å². The van der Waals surface area contributed by atoms with Gasteiger partial charge in [-0.2, -0.15) is 0 Å². The Morgan fingerprint density at radius 3 is 1.09 bits per heavy atom. The van der Waals surface area contributed by atoms with Crippen LogP contribution in [-0.4, -0.2) is 98.7 Å². The molecule has 1 amide bonds. The molecule has 1 rings (SSSR count). The molecule has 7 N–H and O–H groups in total. The molecule has 0 aromatic rings. The number of carbonyl (C=O) groups excluding carboxylic acids is 1. The summed E-state index contributed by atoms with van der Waals surface area (Å²) in [5.41, 5.74) is 0. The standard InChI is InChI=1S/C64H125NO9/c1-3-5-7-9-11-13-15-17-19-21-22-23-24-25-26-27-28-29-30-31-32-33-34-35-37-39-41-43-45-47-49-51-53-58(68)63(72)65-56(55-73-64-62(71)61(70)60(69)59(54-66)74-64)57(67)52-50-48-46-44-42-40-38-36-20-18-16-14-12-10-8-6-4-2/h25-26,56-62,64,66-71H,3-24,27-55H2,1-2H3,(H,65,72)/b26-25-. The van der Waals surface area contributed by atoms with Crippen LogP contribution in [0.1, 0.15) is 328 Å². The third kappa shape index (κ3) is 41.9. The number of amides is 1. The van der Waals surface area contributed by atoms with Gasteiger partial charge in [0.2, 0.25) is 5.91 Å². The highest BCUT2D eigenvalue weighted by atomic mass is 16.7. The zero-order valence-corrected chi connectivity index (χ0v) is 48.7. The van der Waals surface area contributed by atoms with E-state index in [0.717, 1.165) is 38.5 Å². The zero-order valence-electron chi connectivity index (χ0n) is 48.7. The molecule has 1 aliphatic heterocycles. The number of hydrogen-bond donors (Lipinski definition) is 7. The average Bonchev–Trinajstić information content (AvgIpc) is 3.40. The van der Waals surface area contributed by atoms with Gasteiger partial charge in [0.25, 0.3) is 0 Å². The van der Waals surface area contributed by atoms with Gasteiger partial charge in [0.15, 0.2) is 6.29 Å². The average molecular weight is 1050 g/mol. The van der Waals surface area contributed by atoms with Crippen molar-refractivity contribution < 1.29 is 44.9 Å². The molecule has 1 fully saturated rings. The van der Waals surface area contributed by atoms with Gasteiger partial charge < -0.3 is 45.4 Å². The molecule has 0 aliphatic carbocycles. The van der Waals surface area contributed by atoms with E-state index in [1.54, 1.807) is 0 Å². The fourth-order valence-corrected chi connectivity index (χ4v) is 10.8. The van der Waals surface area contributed by atoms with Crippen LogP contribution in [0.4, 0.5) is 0 Å². The second-order valence-corrected chi connectivity index (χ2v) is 23.1. The summed E-state index contributed by atoms with van der Waals surface area (Å²) in [5.74, 6) is -0.577. The van der Waals surface area contributed by atoms with Crippen molar-refractivity contribution in [2.45, 2.75) is 377 Å². The number of hydrogen-bond acceptors (Lipinski definition) is 9. The Hall–Kier alpha value is -1.11. The molecule has 74 heavy (non-hydrogen) atoms. The number of ether oxygens (including phenoxy) is 2. The van der Waals surface area contributed by atoms with Gasteiger partial charge in [-0.25, -0.2) is 0 Å².